The highest BCUT2D eigenvalue weighted by Crippen LogP contribution is 2.23. The smallest absolute Gasteiger partial charge is 0.276 e. The van der Waals surface area contributed by atoms with E-state index < -0.39 is 0 Å². The Hall–Kier alpha value is -2.12. The maximum Gasteiger partial charge on any atom is 0.276 e. The van der Waals surface area contributed by atoms with Gasteiger partial charge in [-0.1, -0.05) is 30.0 Å². The molecule has 0 saturated heterocycles. The topological polar surface area (TPSA) is 64.0 Å². The van der Waals surface area contributed by atoms with E-state index in [1.807, 2.05) is 62.5 Å². The van der Waals surface area contributed by atoms with Crippen LogP contribution in [0.3, 0.4) is 0 Å². The van der Waals surface area contributed by atoms with Crippen LogP contribution in [-0.2, 0) is 4.79 Å². The standard InChI is InChI=1S/C18H19N3O2S2/c1-18(2,3)20-14(22)11-25-17-19-13-9-10-24-15(13)16(23)21(17)12-7-5-4-6-8-12/h4-10H,11H2,1-3H3,(H,20,22). The van der Waals surface area contributed by atoms with E-state index in [4.69, 9.17) is 0 Å². The van der Waals surface area contributed by atoms with Gasteiger partial charge in [-0.15, -0.1) is 11.3 Å². The number of rotatable bonds is 4. The lowest BCUT2D eigenvalue weighted by Gasteiger charge is -2.20. The summed E-state index contributed by atoms with van der Waals surface area (Å²) in [4.78, 5) is 29.6. The van der Waals surface area contributed by atoms with Crippen LogP contribution in [0.4, 0.5) is 0 Å². The first-order valence-corrected chi connectivity index (χ1v) is 9.71. The van der Waals surface area contributed by atoms with Gasteiger partial charge in [0.05, 0.1) is 17.0 Å². The van der Waals surface area contributed by atoms with Crippen LogP contribution in [0.5, 0.6) is 0 Å². The maximum absolute atomic E-state index is 12.9. The molecule has 0 radical (unpaired) electrons. The molecule has 0 spiro atoms. The molecule has 0 fully saturated rings. The van der Waals surface area contributed by atoms with Crippen molar-refractivity contribution in [1.82, 2.24) is 14.9 Å². The van der Waals surface area contributed by atoms with Gasteiger partial charge in [0.1, 0.15) is 4.70 Å². The van der Waals surface area contributed by atoms with E-state index in [0.717, 1.165) is 5.69 Å². The molecule has 0 bridgehead atoms. The lowest BCUT2D eigenvalue weighted by atomic mass is 10.1. The highest BCUT2D eigenvalue weighted by molar-refractivity contribution is 7.99. The Morgan fingerprint density at radius 2 is 1.96 bits per heavy atom. The van der Waals surface area contributed by atoms with Gasteiger partial charge in [-0.3, -0.25) is 14.2 Å². The summed E-state index contributed by atoms with van der Waals surface area (Å²) in [6, 6.07) is 11.2. The normalized spacial score (nSPS) is 11.6. The van der Waals surface area contributed by atoms with Crippen molar-refractivity contribution in [1.29, 1.82) is 0 Å². The molecule has 0 unspecified atom stereocenters. The Kier molecular flexibility index (Phi) is 4.96. The predicted octanol–water partition coefficient (Wildman–Crippen LogP) is 3.45. The zero-order chi connectivity index (χ0) is 18.0. The molecule has 0 aliphatic rings. The average molecular weight is 374 g/mol. The number of carbonyl (C=O) groups is 1. The van der Waals surface area contributed by atoms with Crippen LogP contribution in [-0.4, -0.2) is 26.8 Å². The summed E-state index contributed by atoms with van der Waals surface area (Å²) in [6.45, 7) is 5.81. The number of para-hydroxylation sites is 1. The fraction of sp³-hybridized carbons (Fsp3) is 0.278. The Bertz CT molecular complexity index is 956. The lowest BCUT2D eigenvalue weighted by molar-refractivity contribution is -0.119. The second-order valence-corrected chi connectivity index (χ2v) is 8.45. The van der Waals surface area contributed by atoms with Crippen LogP contribution in [0.2, 0.25) is 0 Å². The molecule has 5 nitrogen and oxygen atoms in total. The van der Waals surface area contributed by atoms with Crippen LogP contribution in [0.15, 0.2) is 51.7 Å². The summed E-state index contributed by atoms with van der Waals surface area (Å²) in [5.74, 6) is 0.114. The first-order chi connectivity index (χ1) is 11.8. The van der Waals surface area contributed by atoms with Gasteiger partial charge in [0.15, 0.2) is 5.16 Å². The van der Waals surface area contributed by atoms with Crippen molar-refractivity contribution in [2.45, 2.75) is 31.5 Å². The number of hydrogen-bond acceptors (Lipinski definition) is 5. The third kappa shape index (κ3) is 4.11. The van der Waals surface area contributed by atoms with Gasteiger partial charge in [0.2, 0.25) is 5.91 Å². The Morgan fingerprint density at radius 3 is 2.64 bits per heavy atom. The van der Waals surface area contributed by atoms with Gasteiger partial charge < -0.3 is 5.32 Å². The van der Waals surface area contributed by atoms with Gasteiger partial charge in [0.25, 0.3) is 5.56 Å². The molecule has 3 rings (SSSR count). The number of thioether (sulfide) groups is 1. The van der Waals surface area contributed by atoms with Gasteiger partial charge in [-0.25, -0.2) is 4.98 Å². The van der Waals surface area contributed by atoms with E-state index >= 15 is 0 Å². The number of aromatic nitrogens is 2. The summed E-state index contributed by atoms with van der Waals surface area (Å²) in [5.41, 5.74) is 1.02. The van der Waals surface area contributed by atoms with Crippen molar-refractivity contribution in [3.8, 4) is 5.69 Å². The van der Waals surface area contributed by atoms with Crippen LogP contribution in [0.1, 0.15) is 20.8 Å². The van der Waals surface area contributed by atoms with Crippen molar-refractivity contribution in [2.24, 2.45) is 0 Å². The molecule has 0 aliphatic carbocycles. The predicted molar refractivity (Wildman–Crippen MR) is 104 cm³/mol. The quantitative estimate of drug-likeness (QED) is 0.562. The molecule has 0 aliphatic heterocycles. The van der Waals surface area contributed by atoms with E-state index in [1.54, 1.807) is 4.57 Å². The zero-order valence-corrected chi connectivity index (χ0v) is 15.9. The first-order valence-electron chi connectivity index (χ1n) is 7.85. The summed E-state index contributed by atoms with van der Waals surface area (Å²) in [5, 5.41) is 5.30. The third-order valence-electron chi connectivity index (χ3n) is 3.31. The number of hydrogen-bond donors (Lipinski definition) is 1. The molecule has 7 heteroatoms. The molecule has 2 heterocycles. The molecule has 2 aromatic heterocycles. The Morgan fingerprint density at radius 1 is 1.24 bits per heavy atom. The molecular formula is C18H19N3O2S2. The van der Waals surface area contributed by atoms with Gasteiger partial charge >= 0.3 is 0 Å². The Balaban J connectivity index is 1.99. The van der Waals surface area contributed by atoms with Gasteiger partial charge in [0, 0.05) is 5.54 Å². The molecule has 0 saturated carbocycles. The fourth-order valence-electron chi connectivity index (χ4n) is 2.38. The molecule has 3 aromatic rings. The molecule has 130 valence electrons. The minimum Gasteiger partial charge on any atom is -0.351 e. The molecule has 1 aromatic carbocycles. The van der Waals surface area contributed by atoms with Crippen LogP contribution in [0, 0.1) is 0 Å². The van der Waals surface area contributed by atoms with Crippen molar-refractivity contribution in [2.75, 3.05) is 5.75 Å². The largest absolute Gasteiger partial charge is 0.351 e. The first kappa shape index (κ1) is 17.7. The molecular weight excluding hydrogens is 354 g/mol. The van der Waals surface area contributed by atoms with E-state index in [9.17, 15) is 9.59 Å². The summed E-state index contributed by atoms with van der Waals surface area (Å²) in [7, 11) is 0. The number of carbonyl (C=O) groups excluding carboxylic acids is 1. The van der Waals surface area contributed by atoms with Crippen LogP contribution < -0.4 is 10.9 Å². The van der Waals surface area contributed by atoms with E-state index in [1.165, 1.54) is 23.1 Å². The van der Waals surface area contributed by atoms with Crippen LogP contribution in [0.25, 0.3) is 15.9 Å². The third-order valence-corrected chi connectivity index (χ3v) is 5.14. The molecule has 1 amide bonds. The minimum atomic E-state index is -0.290. The highest BCUT2D eigenvalue weighted by atomic mass is 32.2. The fourth-order valence-corrected chi connectivity index (χ4v) is 3.95. The van der Waals surface area contributed by atoms with E-state index in [-0.39, 0.29) is 22.8 Å². The second-order valence-electron chi connectivity index (χ2n) is 6.59. The zero-order valence-electron chi connectivity index (χ0n) is 14.3. The molecule has 1 N–H and O–H groups in total. The summed E-state index contributed by atoms with van der Waals surface area (Å²) >= 11 is 2.65. The number of fused-ring (bicyclic) bond motifs is 1. The SMILES string of the molecule is CC(C)(C)NC(=O)CSc1nc2ccsc2c(=O)n1-c1ccccc1. The highest BCUT2D eigenvalue weighted by Gasteiger charge is 2.17. The Labute approximate surface area is 154 Å². The van der Waals surface area contributed by atoms with Crippen molar-refractivity contribution in [3.63, 3.8) is 0 Å². The van der Waals surface area contributed by atoms with Crippen LogP contribution >= 0.6 is 23.1 Å². The second kappa shape index (κ2) is 7.01. The van der Waals surface area contributed by atoms with Gasteiger partial charge in [-0.05, 0) is 44.4 Å². The van der Waals surface area contributed by atoms with Crippen molar-refractivity contribution in [3.05, 3.63) is 52.1 Å². The molecule has 0 atom stereocenters. The monoisotopic (exact) mass is 373 g/mol. The number of amides is 1. The van der Waals surface area contributed by atoms with Gasteiger partial charge in [-0.2, -0.15) is 0 Å². The van der Waals surface area contributed by atoms with Crippen molar-refractivity contribution >= 4 is 39.2 Å². The number of nitrogens with one attached hydrogen (secondary N) is 1. The number of nitrogens with zero attached hydrogens (tertiary/aromatic N) is 2. The summed E-state index contributed by atoms with van der Waals surface area (Å²) in [6.07, 6.45) is 0. The van der Waals surface area contributed by atoms with Crippen molar-refractivity contribution < 1.29 is 4.79 Å². The maximum atomic E-state index is 12.9. The number of benzene rings is 1. The number of thiophene rings is 1. The average Bonchev–Trinajstić information content (AvgIpc) is 3.01. The molecule has 25 heavy (non-hydrogen) atoms. The lowest BCUT2D eigenvalue weighted by Crippen LogP contribution is -2.41. The van der Waals surface area contributed by atoms with E-state index in [0.29, 0.717) is 15.4 Å². The minimum absolute atomic E-state index is 0.0863. The van der Waals surface area contributed by atoms with E-state index in [2.05, 4.69) is 10.3 Å². The summed E-state index contributed by atoms with van der Waals surface area (Å²) < 4.78 is 2.20.